The first-order valence-electron chi connectivity index (χ1n) is 8.05. The second kappa shape index (κ2) is 7.44. The first-order valence-corrected chi connectivity index (χ1v) is 8.84. The van der Waals surface area contributed by atoms with E-state index in [-0.39, 0.29) is 11.8 Å². The van der Waals surface area contributed by atoms with Gasteiger partial charge in [-0.05, 0) is 54.0 Å². The van der Waals surface area contributed by atoms with Crippen LogP contribution < -0.4 is 0 Å². The molecule has 0 bridgehead atoms. The maximum atomic E-state index is 12.0. The van der Waals surface area contributed by atoms with Crippen LogP contribution >= 0.6 is 15.9 Å². The number of aromatic nitrogens is 2. The predicted molar refractivity (Wildman–Crippen MR) is 94.1 cm³/mol. The van der Waals surface area contributed by atoms with Gasteiger partial charge in [-0.1, -0.05) is 12.1 Å². The molecule has 1 aromatic heterocycles. The van der Waals surface area contributed by atoms with Crippen molar-refractivity contribution in [1.82, 2.24) is 20.0 Å². The molecule has 3 rings (SSSR count). The summed E-state index contributed by atoms with van der Waals surface area (Å²) >= 11 is 3.50. The highest BCUT2D eigenvalue weighted by Crippen LogP contribution is 2.27. The van der Waals surface area contributed by atoms with Gasteiger partial charge in [-0.3, -0.25) is 9.69 Å². The van der Waals surface area contributed by atoms with Crippen molar-refractivity contribution in [3.8, 4) is 11.5 Å². The van der Waals surface area contributed by atoms with Crippen LogP contribution in [-0.2, 0) is 11.3 Å². The third-order valence-electron chi connectivity index (χ3n) is 4.31. The Morgan fingerprint density at radius 3 is 2.67 bits per heavy atom. The number of hydrogen-bond donors (Lipinski definition) is 0. The smallest absolute Gasteiger partial charge is 0.248 e. The van der Waals surface area contributed by atoms with E-state index in [1.165, 1.54) is 0 Å². The van der Waals surface area contributed by atoms with Crippen LogP contribution in [-0.4, -0.2) is 53.1 Å². The zero-order valence-corrected chi connectivity index (χ0v) is 15.5. The van der Waals surface area contributed by atoms with Gasteiger partial charge in [0.1, 0.15) is 0 Å². The fourth-order valence-corrected chi connectivity index (χ4v) is 3.41. The maximum Gasteiger partial charge on any atom is 0.248 e. The molecule has 7 heteroatoms. The molecule has 1 saturated heterocycles. The third kappa shape index (κ3) is 3.84. The minimum atomic E-state index is 0.134. The molecule has 6 nitrogen and oxygen atoms in total. The van der Waals surface area contributed by atoms with Gasteiger partial charge in [-0.2, -0.15) is 0 Å². The molecule has 0 aliphatic carbocycles. The topological polar surface area (TPSA) is 62.5 Å². The molecule has 1 aliphatic rings. The first-order chi connectivity index (χ1) is 11.5. The number of piperidine rings is 1. The van der Waals surface area contributed by atoms with Crippen molar-refractivity contribution in [3.05, 3.63) is 34.6 Å². The molecule has 0 saturated carbocycles. The summed E-state index contributed by atoms with van der Waals surface area (Å²) in [5, 5.41) is 8.30. The lowest BCUT2D eigenvalue weighted by Crippen LogP contribution is -2.39. The summed E-state index contributed by atoms with van der Waals surface area (Å²) in [6, 6.07) is 7.78. The number of likely N-dealkylation sites (tertiary alicyclic amines) is 1. The predicted octanol–water partition coefficient (Wildman–Crippen LogP) is 2.80. The Bertz CT molecular complexity index is 708. The number of nitrogens with zero attached hydrogens (tertiary/aromatic N) is 4. The molecule has 0 N–H and O–H groups in total. The van der Waals surface area contributed by atoms with E-state index < -0.39 is 0 Å². The molecular formula is C17H21BrN4O2. The fraction of sp³-hybridized carbons (Fsp3) is 0.471. The number of halogens is 1. The summed E-state index contributed by atoms with van der Waals surface area (Å²) in [5.74, 6) is 1.49. The Morgan fingerprint density at radius 1 is 1.29 bits per heavy atom. The van der Waals surface area contributed by atoms with E-state index >= 15 is 0 Å². The van der Waals surface area contributed by atoms with E-state index in [0.717, 1.165) is 36.0 Å². The quantitative estimate of drug-likeness (QED) is 0.800. The van der Waals surface area contributed by atoms with Crippen LogP contribution in [0.15, 0.2) is 33.2 Å². The van der Waals surface area contributed by atoms with Crippen molar-refractivity contribution in [2.45, 2.75) is 19.4 Å². The fourth-order valence-electron chi connectivity index (χ4n) is 2.96. The van der Waals surface area contributed by atoms with Crippen LogP contribution in [0.5, 0.6) is 0 Å². The van der Waals surface area contributed by atoms with Crippen molar-refractivity contribution in [3.63, 3.8) is 0 Å². The summed E-state index contributed by atoms with van der Waals surface area (Å²) < 4.78 is 6.73. The summed E-state index contributed by atoms with van der Waals surface area (Å²) in [6.07, 6.45) is 1.75. The van der Waals surface area contributed by atoms with Crippen LogP contribution in [0.1, 0.15) is 18.7 Å². The second-order valence-electron chi connectivity index (χ2n) is 6.26. The standard InChI is InChI=1S/C17H21BrN4O2/c1-21(2)17(23)12-7-9-22(10-8-12)11-15-19-20-16(24-15)13-5-3-4-6-14(13)18/h3-6,12H,7-11H2,1-2H3. The molecule has 0 unspecified atom stereocenters. The van der Waals surface area contributed by atoms with E-state index in [0.29, 0.717) is 18.3 Å². The second-order valence-corrected chi connectivity index (χ2v) is 7.12. The van der Waals surface area contributed by atoms with E-state index in [1.54, 1.807) is 4.90 Å². The zero-order valence-electron chi connectivity index (χ0n) is 13.9. The van der Waals surface area contributed by atoms with Gasteiger partial charge in [0.25, 0.3) is 0 Å². The Balaban J connectivity index is 1.59. The van der Waals surface area contributed by atoms with Gasteiger partial charge < -0.3 is 9.32 Å². The van der Waals surface area contributed by atoms with E-state index in [2.05, 4.69) is 31.0 Å². The van der Waals surface area contributed by atoms with Crippen molar-refractivity contribution in [2.24, 2.45) is 5.92 Å². The number of carbonyl (C=O) groups excluding carboxylic acids is 1. The maximum absolute atomic E-state index is 12.0. The lowest BCUT2D eigenvalue weighted by atomic mass is 9.95. The average molecular weight is 393 g/mol. The number of hydrogen-bond acceptors (Lipinski definition) is 5. The van der Waals surface area contributed by atoms with Crippen LogP contribution in [0, 0.1) is 5.92 Å². The molecule has 2 aromatic rings. The van der Waals surface area contributed by atoms with E-state index in [1.807, 2.05) is 38.4 Å². The Labute approximate surface area is 150 Å². The number of rotatable bonds is 4. The summed E-state index contributed by atoms with van der Waals surface area (Å²) in [4.78, 5) is 16.0. The first kappa shape index (κ1) is 17.1. The van der Waals surface area contributed by atoms with Crippen molar-refractivity contribution in [1.29, 1.82) is 0 Å². The largest absolute Gasteiger partial charge is 0.419 e. The molecule has 0 spiro atoms. The molecular weight excluding hydrogens is 372 g/mol. The number of carbonyl (C=O) groups is 1. The lowest BCUT2D eigenvalue weighted by molar-refractivity contribution is -0.134. The number of amides is 1. The molecule has 1 fully saturated rings. The monoisotopic (exact) mass is 392 g/mol. The van der Waals surface area contributed by atoms with Crippen LogP contribution in [0.2, 0.25) is 0 Å². The van der Waals surface area contributed by atoms with Gasteiger partial charge in [0.05, 0.1) is 12.1 Å². The zero-order chi connectivity index (χ0) is 17.1. The SMILES string of the molecule is CN(C)C(=O)C1CCN(Cc2nnc(-c3ccccc3Br)o2)CC1. The van der Waals surface area contributed by atoms with E-state index in [4.69, 9.17) is 4.42 Å². The Morgan fingerprint density at radius 2 is 2.00 bits per heavy atom. The third-order valence-corrected chi connectivity index (χ3v) is 5.00. The van der Waals surface area contributed by atoms with Gasteiger partial charge >= 0.3 is 0 Å². The molecule has 1 amide bonds. The van der Waals surface area contributed by atoms with Gasteiger partial charge in [-0.15, -0.1) is 10.2 Å². The van der Waals surface area contributed by atoms with Crippen molar-refractivity contribution < 1.29 is 9.21 Å². The highest BCUT2D eigenvalue weighted by atomic mass is 79.9. The van der Waals surface area contributed by atoms with Gasteiger partial charge in [0.2, 0.25) is 17.7 Å². The summed E-state index contributed by atoms with van der Waals surface area (Å²) in [5.41, 5.74) is 0.895. The van der Waals surface area contributed by atoms with Crippen molar-refractivity contribution in [2.75, 3.05) is 27.2 Å². The molecule has 1 aromatic carbocycles. The molecule has 1 aliphatic heterocycles. The van der Waals surface area contributed by atoms with Gasteiger partial charge in [-0.25, -0.2) is 0 Å². The minimum absolute atomic E-state index is 0.134. The molecule has 0 atom stereocenters. The van der Waals surface area contributed by atoms with Crippen LogP contribution in [0.3, 0.4) is 0 Å². The molecule has 128 valence electrons. The lowest BCUT2D eigenvalue weighted by Gasteiger charge is -2.31. The highest BCUT2D eigenvalue weighted by molar-refractivity contribution is 9.10. The Kier molecular flexibility index (Phi) is 5.30. The summed E-state index contributed by atoms with van der Waals surface area (Å²) in [7, 11) is 3.63. The minimum Gasteiger partial charge on any atom is -0.419 e. The average Bonchev–Trinajstić information content (AvgIpc) is 3.03. The Hall–Kier alpha value is -1.73. The molecule has 2 heterocycles. The molecule has 24 heavy (non-hydrogen) atoms. The molecule has 0 radical (unpaired) electrons. The van der Waals surface area contributed by atoms with Crippen LogP contribution in [0.25, 0.3) is 11.5 Å². The van der Waals surface area contributed by atoms with Gasteiger partial charge in [0, 0.05) is 24.5 Å². The van der Waals surface area contributed by atoms with Gasteiger partial charge in [0.15, 0.2) is 0 Å². The van der Waals surface area contributed by atoms with E-state index in [9.17, 15) is 4.79 Å². The van der Waals surface area contributed by atoms with Crippen molar-refractivity contribution >= 4 is 21.8 Å². The number of benzene rings is 1. The normalized spacial score (nSPS) is 16.3. The van der Waals surface area contributed by atoms with Crippen LogP contribution in [0.4, 0.5) is 0 Å². The summed E-state index contributed by atoms with van der Waals surface area (Å²) in [6.45, 7) is 2.37. The highest BCUT2D eigenvalue weighted by Gasteiger charge is 2.26.